The molecule has 4 aliphatic carbocycles. The van der Waals surface area contributed by atoms with Crippen molar-refractivity contribution in [3.8, 4) is 0 Å². The fraction of sp³-hybridized carbons (Fsp3) is 0.786. The average Bonchev–Trinajstić information content (AvgIpc) is 1.62. The number of carbonyl (C=O) groups is 7. The highest BCUT2D eigenvalue weighted by Crippen LogP contribution is 2.50. The molecule has 0 bridgehead atoms. The van der Waals surface area contributed by atoms with Crippen LogP contribution in [-0.2, 0) is 147 Å². The van der Waals surface area contributed by atoms with Crippen molar-refractivity contribution < 1.29 is 147 Å². The van der Waals surface area contributed by atoms with Gasteiger partial charge in [0, 0.05) is 102 Å². The zero-order valence-electron chi connectivity index (χ0n) is 59.3. The predicted molar refractivity (Wildman–Crippen MR) is 342 cm³/mol. The Hall–Kier alpha value is -5.43. The third-order valence-corrected chi connectivity index (χ3v) is 18.9. The first-order valence-electron chi connectivity index (χ1n) is 35.0. The standard InChI is InChI=1S/2C18H26O8.C17H24O8.C17H26O7/c2*1-11(2)15(19)22-9-10-23-16(20)13-12-14(17(21-3)24-13)26-18(25-12)7-5-4-6-8-18;1-10(2)14(19)21-9-11(18)22-16-13-12(15(20-3)23-16)24-17(25-13)7-5-4-6-8-17;1-11(2)14(18)20-9-10-21-16-13-12(15(19-3)22-16)23-17(24-13)7-5-4-6-8-17/h2*12-14,17H,1,4-10H2,2-3H3;12-13,15-16H,1,4-9H2,2-3H3;12-13,15-16H,1,4-10H2,2-3H3. The summed E-state index contributed by atoms with van der Waals surface area (Å²) in [6, 6.07) is 0. The van der Waals surface area contributed by atoms with Gasteiger partial charge in [-0.2, -0.15) is 0 Å². The molecule has 101 heavy (non-hydrogen) atoms. The van der Waals surface area contributed by atoms with Crippen molar-refractivity contribution in [2.24, 2.45) is 0 Å². The molecule has 12 rings (SSSR count). The summed E-state index contributed by atoms with van der Waals surface area (Å²) >= 11 is 0. The first kappa shape index (κ1) is 79.7. The summed E-state index contributed by atoms with van der Waals surface area (Å²) in [5, 5.41) is 0. The molecule has 8 saturated heterocycles. The maximum atomic E-state index is 12.4. The Morgan fingerprint density at radius 1 is 0.317 bits per heavy atom. The molecule has 0 N–H and O–H groups in total. The number of hydrogen-bond donors (Lipinski definition) is 0. The summed E-state index contributed by atoms with van der Waals surface area (Å²) in [7, 11) is 6.08. The summed E-state index contributed by atoms with van der Waals surface area (Å²) in [5.74, 6) is -6.50. The number of fused-ring (bicyclic) bond motifs is 4. The summed E-state index contributed by atoms with van der Waals surface area (Å²) < 4.78 is 134. The highest BCUT2D eigenvalue weighted by atomic mass is 16.9. The van der Waals surface area contributed by atoms with Gasteiger partial charge in [0.1, 0.15) is 75.8 Å². The summed E-state index contributed by atoms with van der Waals surface area (Å²) in [4.78, 5) is 82.0. The van der Waals surface area contributed by atoms with E-state index < -0.39 is 158 Å². The fourth-order valence-electron chi connectivity index (χ4n) is 14.0. The van der Waals surface area contributed by atoms with Gasteiger partial charge in [-0.05, 0) is 79.1 Å². The van der Waals surface area contributed by atoms with E-state index in [9.17, 15) is 33.6 Å². The maximum Gasteiger partial charge on any atom is 0.346 e. The van der Waals surface area contributed by atoms with Gasteiger partial charge in [-0.25, -0.2) is 33.6 Å². The lowest BCUT2D eigenvalue weighted by atomic mass is 9.94. The van der Waals surface area contributed by atoms with Crippen LogP contribution in [0.1, 0.15) is 156 Å². The molecule has 31 heteroatoms. The van der Waals surface area contributed by atoms with Crippen molar-refractivity contribution in [3.05, 3.63) is 48.6 Å². The first-order valence-corrected chi connectivity index (χ1v) is 35.0. The van der Waals surface area contributed by atoms with Gasteiger partial charge in [-0.15, -0.1) is 0 Å². The number of esters is 7. The summed E-state index contributed by atoms with van der Waals surface area (Å²) in [6.07, 6.45) is 9.94. The van der Waals surface area contributed by atoms with Crippen molar-refractivity contribution >= 4 is 41.8 Å². The number of carbonyl (C=O) groups excluding carboxylic acids is 7. The Balaban J connectivity index is 0.000000157. The van der Waals surface area contributed by atoms with Crippen LogP contribution in [0.3, 0.4) is 0 Å². The Morgan fingerprint density at radius 3 is 0.901 bits per heavy atom. The monoisotopic (exact) mass is 1440 g/mol. The lowest BCUT2D eigenvalue weighted by Gasteiger charge is -2.33. The molecule has 568 valence electrons. The minimum atomic E-state index is -0.965. The average molecular weight is 1440 g/mol. The van der Waals surface area contributed by atoms with E-state index in [1.165, 1.54) is 34.7 Å². The van der Waals surface area contributed by atoms with Gasteiger partial charge in [0.2, 0.25) is 6.29 Å². The van der Waals surface area contributed by atoms with Crippen LogP contribution in [-0.4, -0.2) is 238 Å². The maximum absolute atomic E-state index is 12.4. The predicted octanol–water partition coefficient (Wildman–Crippen LogP) is 6.25. The normalized spacial score (nSPS) is 32.9. The molecule has 0 radical (unpaired) electrons. The van der Waals surface area contributed by atoms with Gasteiger partial charge in [0.25, 0.3) is 0 Å². The van der Waals surface area contributed by atoms with Crippen molar-refractivity contribution in [1.29, 1.82) is 0 Å². The SMILES string of the molecule is C=C(C)C(=O)OCC(=O)OC1OC(OC)C2OC3(CCCCC3)OC12.C=C(C)C(=O)OCCOC(=O)C1OC(OC)C2OC3(CCCCC3)OC12.C=C(C)C(=O)OCCOC(=O)C1OC(OC)C2OC3(CCCCC3)OC12.C=C(C)C(=O)OCCOC1OC(OC)C2OC3(CCCCC3)OC12. The Kier molecular flexibility index (Phi) is 28.8. The molecule has 31 nitrogen and oxygen atoms in total. The van der Waals surface area contributed by atoms with Gasteiger partial charge in [-0.3, -0.25) is 0 Å². The van der Waals surface area contributed by atoms with Crippen LogP contribution < -0.4 is 0 Å². The highest BCUT2D eigenvalue weighted by molar-refractivity contribution is 5.89. The number of methoxy groups -OCH3 is 4. The Labute approximate surface area is 588 Å². The highest BCUT2D eigenvalue weighted by Gasteiger charge is 2.64. The molecule has 0 aromatic rings. The molecule has 0 aromatic carbocycles. The molecule has 12 aliphatic rings. The molecule has 8 aliphatic heterocycles. The van der Waals surface area contributed by atoms with Crippen molar-refractivity contribution in [3.63, 3.8) is 0 Å². The molecule has 4 saturated carbocycles. The number of hydrogen-bond acceptors (Lipinski definition) is 31. The van der Waals surface area contributed by atoms with Gasteiger partial charge in [-0.1, -0.05) is 52.0 Å². The van der Waals surface area contributed by atoms with Crippen LogP contribution in [0.5, 0.6) is 0 Å². The Bertz CT molecular complexity index is 2770. The second-order valence-electron chi connectivity index (χ2n) is 26.9. The van der Waals surface area contributed by atoms with E-state index in [4.69, 9.17) is 114 Å². The van der Waals surface area contributed by atoms with Gasteiger partial charge in [0.15, 0.2) is 79.5 Å². The third kappa shape index (κ3) is 20.1. The molecule has 8 heterocycles. The fourth-order valence-corrected chi connectivity index (χ4v) is 14.0. The summed E-state index contributed by atoms with van der Waals surface area (Å²) in [5.41, 5.74) is 1.14. The van der Waals surface area contributed by atoms with E-state index in [1.54, 1.807) is 27.9 Å². The van der Waals surface area contributed by atoms with Crippen molar-refractivity contribution in [1.82, 2.24) is 0 Å². The molecule has 16 atom stereocenters. The number of ether oxygens (including phenoxy) is 24. The zero-order valence-corrected chi connectivity index (χ0v) is 59.3. The van der Waals surface area contributed by atoms with E-state index in [-0.39, 0.29) is 68.6 Å². The van der Waals surface area contributed by atoms with Crippen molar-refractivity contribution in [2.75, 3.05) is 74.7 Å². The molecule has 4 spiro atoms. The van der Waals surface area contributed by atoms with Crippen LogP contribution in [0.2, 0.25) is 0 Å². The van der Waals surface area contributed by atoms with Crippen LogP contribution in [0.25, 0.3) is 0 Å². The molecule has 0 amide bonds. The molecular formula is C70H102O31. The topological polar surface area (TPSA) is 341 Å². The van der Waals surface area contributed by atoms with E-state index >= 15 is 0 Å². The smallest absolute Gasteiger partial charge is 0.346 e. The zero-order chi connectivity index (χ0) is 72.7. The minimum absolute atomic E-state index is 0.0484. The van der Waals surface area contributed by atoms with Crippen LogP contribution in [0.15, 0.2) is 48.6 Å². The molecular weight excluding hydrogens is 1340 g/mol. The summed E-state index contributed by atoms with van der Waals surface area (Å²) in [6.45, 7) is 19.7. The lowest BCUT2D eigenvalue weighted by molar-refractivity contribution is -0.286. The van der Waals surface area contributed by atoms with Crippen molar-refractivity contribution in [2.45, 2.75) is 278 Å². The molecule has 16 unspecified atom stereocenters. The number of rotatable bonds is 23. The van der Waals surface area contributed by atoms with Crippen LogP contribution >= 0.6 is 0 Å². The quantitative estimate of drug-likeness (QED) is 0.0472. The second kappa shape index (κ2) is 36.5. The van der Waals surface area contributed by atoms with E-state index in [1.807, 2.05) is 0 Å². The molecule has 12 fully saturated rings. The Morgan fingerprint density at radius 2 is 0.574 bits per heavy atom. The molecule has 0 aromatic heterocycles. The van der Waals surface area contributed by atoms with Gasteiger partial charge in [0.05, 0.1) is 6.61 Å². The minimum Gasteiger partial charge on any atom is -0.460 e. The van der Waals surface area contributed by atoms with Gasteiger partial charge < -0.3 is 114 Å². The van der Waals surface area contributed by atoms with E-state index in [2.05, 4.69) is 26.3 Å². The largest absolute Gasteiger partial charge is 0.460 e. The van der Waals surface area contributed by atoms with E-state index in [0.717, 1.165) is 122 Å². The van der Waals surface area contributed by atoms with Gasteiger partial charge >= 0.3 is 41.8 Å². The van der Waals surface area contributed by atoms with Crippen LogP contribution in [0.4, 0.5) is 0 Å². The third-order valence-electron chi connectivity index (χ3n) is 18.9. The lowest BCUT2D eigenvalue weighted by Crippen LogP contribution is -2.40. The van der Waals surface area contributed by atoms with E-state index in [0.29, 0.717) is 5.57 Å². The van der Waals surface area contributed by atoms with Crippen LogP contribution in [0, 0.1) is 0 Å². The first-order chi connectivity index (χ1) is 48.4. The second-order valence-corrected chi connectivity index (χ2v) is 26.9.